The smallest absolute Gasteiger partial charge is 0.296 e. The lowest BCUT2D eigenvalue weighted by Crippen LogP contribution is -2.04. The van der Waals surface area contributed by atoms with Crippen molar-refractivity contribution in [1.82, 2.24) is 4.98 Å². The van der Waals surface area contributed by atoms with Crippen LogP contribution in [0.5, 0.6) is 0 Å². The Morgan fingerprint density at radius 1 is 1.64 bits per heavy atom. The molecular weight excluding hydrogens is 311 g/mol. The van der Waals surface area contributed by atoms with Gasteiger partial charge in [-0.15, -0.1) is 0 Å². The van der Waals surface area contributed by atoms with Gasteiger partial charge in [-0.25, -0.2) is 13.8 Å². The number of alkyl halides is 2. The zero-order chi connectivity index (χ0) is 10.9. The second kappa shape index (κ2) is 3.98. The van der Waals surface area contributed by atoms with E-state index in [1.165, 1.54) is 22.6 Å². The molecular formula is C6H4F2IN3O2. The van der Waals surface area contributed by atoms with E-state index in [9.17, 15) is 18.9 Å². The molecule has 0 fully saturated rings. The van der Waals surface area contributed by atoms with Gasteiger partial charge in [-0.2, -0.15) is 0 Å². The van der Waals surface area contributed by atoms with Gasteiger partial charge in [0.1, 0.15) is 15.0 Å². The van der Waals surface area contributed by atoms with Crippen molar-refractivity contribution in [3.8, 4) is 0 Å². The molecule has 1 heterocycles. The monoisotopic (exact) mass is 315 g/mol. The standard InChI is InChI=1S/C6H4F2IN3O2/c7-5(8)2-1-11-6(10)3(9)4(2)12(13)14/h1,5H,(H2,10,11). The van der Waals surface area contributed by atoms with Gasteiger partial charge in [-0.05, 0) is 22.6 Å². The van der Waals surface area contributed by atoms with Gasteiger partial charge in [-0.3, -0.25) is 10.1 Å². The second-order valence-electron chi connectivity index (χ2n) is 2.32. The van der Waals surface area contributed by atoms with E-state index in [0.29, 0.717) is 0 Å². The van der Waals surface area contributed by atoms with Crippen molar-refractivity contribution in [3.05, 3.63) is 25.4 Å². The molecule has 1 aromatic rings. The quantitative estimate of drug-likeness (QED) is 0.515. The Labute approximate surface area is 90.6 Å². The van der Waals surface area contributed by atoms with Crippen LogP contribution in [-0.2, 0) is 0 Å². The molecule has 0 atom stereocenters. The third-order valence-corrected chi connectivity index (χ3v) is 2.53. The normalized spacial score (nSPS) is 10.6. The van der Waals surface area contributed by atoms with Crippen molar-refractivity contribution in [2.45, 2.75) is 6.43 Å². The number of halogens is 3. The van der Waals surface area contributed by atoms with Crippen molar-refractivity contribution in [3.63, 3.8) is 0 Å². The summed E-state index contributed by atoms with van der Waals surface area (Å²) in [6.45, 7) is 0. The van der Waals surface area contributed by atoms with Crippen LogP contribution in [0.15, 0.2) is 6.20 Å². The van der Waals surface area contributed by atoms with Gasteiger partial charge >= 0.3 is 0 Å². The van der Waals surface area contributed by atoms with Gasteiger partial charge < -0.3 is 5.73 Å². The van der Waals surface area contributed by atoms with E-state index in [0.717, 1.165) is 6.20 Å². The fourth-order valence-electron chi connectivity index (χ4n) is 0.850. The summed E-state index contributed by atoms with van der Waals surface area (Å²) in [7, 11) is 0. The predicted molar refractivity (Wildman–Crippen MR) is 53.0 cm³/mol. The van der Waals surface area contributed by atoms with E-state index in [4.69, 9.17) is 5.73 Å². The molecule has 0 unspecified atom stereocenters. The Bertz CT molecular complexity index is 386. The zero-order valence-corrected chi connectivity index (χ0v) is 8.73. The van der Waals surface area contributed by atoms with Crippen LogP contribution in [0.2, 0.25) is 0 Å². The first-order valence-corrected chi connectivity index (χ1v) is 4.39. The molecule has 0 bridgehead atoms. The van der Waals surface area contributed by atoms with E-state index in [1.807, 2.05) is 0 Å². The molecule has 0 amide bonds. The van der Waals surface area contributed by atoms with Crippen LogP contribution in [0, 0.1) is 13.7 Å². The molecule has 5 nitrogen and oxygen atoms in total. The van der Waals surface area contributed by atoms with E-state index < -0.39 is 22.6 Å². The zero-order valence-electron chi connectivity index (χ0n) is 6.58. The minimum atomic E-state index is -2.93. The molecule has 76 valence electrons. The van der Waals surface area contributed by atoms with Gasteiger partial charge in [-0.1, -0.05) is 0 Å². The summed E-state index contributed by atoms with van der Waals surface area (Å²) in [6.07, 6.45) is -2.21. The Balaban J connectivity index is 3.45. The van der Waals surface area contributed by atoms with Crippen molar-refractivity contribution < 1.29 is 13.7 Å². The Morgan fingerprint density at radius 3 is 2.64 bits per heavy atom. The molecule has 0 saturated heterocycles. The summed E-state index contributed by atoms with van der Waals surface area (Å²) in [5.41, 5.74) is 3.87. The van der Waals surface area contributed by atoms with E-state index in [2.05, 4.69) is 4.98 Å². The number of nitrogen functional groups attached to an aromatic ring is 1. The molecule has 0 aromatic carbocycles. The molecule has 0 aliphatic rings. The van der Waals surface area contributed by atoms with Crippen LogP contribution in [-0.4, -0.2) is 9.91 Å². The molecule has 0 aliphatic heterocycles. The first-order chi connectivity index (χ1) is 6.45. The Hall–Kier alpha value is -1.06. The van der Waals surface area contributed by atoms with E-state index >= 15 is 0 Å². The lowest BCUT2D eigenvalue weighted by Gasteiger charge is -2.04. The number of hydrogen-bond donors (Lipinski definition) is 1. The highest BCUT2D eigenvalue weighted by Gasteiger charge is 2.26. The third-order valence-electron chi connectivity index (χ3n) is 1.47. The average molecular weight is 315 g/mol. The van der Waals surface area contributed by atoms with Crippen molar-refractivity contribution >= 4 is 34.1 Å². The van der Waals surface area contributed by atoms with E-state index in [1.54, 1.807) is 0 Å². The first kappa shape index (κ1) is 11.0. The fourth-order valence-corrected chi connectivity index (χ4v) is 1.50. The summed E-state index contributed by atoms with van der Waals surface area (Å²) in [5, 5.41) is 10.5. The van der Waals surface area contributed by atoms with Crippen molar-refractivity contribution in [2.24, 2.45) is 0 Å². The van der Waals surface area contributed by atoms with Gasteiger partial charge in [0.15, 0.2) is 0 Å². The molecule has 0 aliphatic carbocycles. The molecule has 0 radical (unpaired) electrons. The number of rotatable bonds is 2. The molecule has 2 N–H and O–H groups in total. The van der Waals surface area contributed by atoms with Crippen molar-refractivity contribution in [1.29, 1.82) is 0 Å². The van der Waals surface area contributed by atoms with Crippen molar-refractivity contribution in [2.75, 3.05) is 5.73 Å². The van der Waals surface area contributed by atoms with Gasteiger partial charge in [0.25, 0.3) is 12.1 Å². The number of anilines is 1. The molecule has 0 saturated carbocycles. The van der Waals surface area contributed by atoms with Crippen LogP contribution in [0.4, 0.5) is 20.3 Å². The minimum absolute atomic E-state index is 0.0644. The fraction of sp³-hybridized carbons (Fsp3) is 0.167. The van der Waals surface area contributed by atoms with Crippen LogP contribution >= 0.6 is 22.6 Å². The number of aromatic nitrogens is 1. The number of pyridine rings is 1. The van der Waals surface area contributed by atoms with Crippen LogP contribution in [0.25, 0.3) is 0 Å². The van der Waals surface area contributed by atoms with Gasteiger partial charge in [0.05, 0.1) is 4.92 Å². The number of nitrogens with zero attached hydrogens (tertiary/aromatic N) is 2. The summed E-state index contributed by atoms with van der Waals surface area (Å²) >= 11 is 1.52. The van der Waals surface area contributed by atoms with Gasteiger partial charge in [0, 0.05) is 6.20 Å². The highest BCUT2D eigenvalue weighted by atomic mass is 127. The summed E-state index contributed by atoms with van der Waals surface area (Å²) in [4.78, 5) is 13.0. The summed E-state index contributed by atoms with van der Waals surface area (Å²) in [5.74, 6) is -0.123. The molecule has 14 heavy (non-hydrogen) atoms. The Morgan fingerprint density at radius 2 is 2.21 bits per heavy atom. The second-order valence-corrected chi connectivity index (χ2v) is 3.40. The average Bonchev–Trinajstić information content (AvgIpc) is 2.08. The maximum atomic E-state index is 12.3. The SMILES string of the molecule is Nc1ncc(C(F)F)c([N+](=O)[O-])c1I. The molecule has 1 rings (SSSR count). The highest BCUT2D eigenvalue weighted by molar-refractivity contribution is 14.1. The lowest BCUT2D eigenvalue weighted by molar-refractivity contribution is -0.387. The number of nitro groups is 1. The minimum Gasteiger partial charge on any atom is -0.383 e. The van der Waals surface area contributed by atoms with Crippen LogP contribution in [0.1, 0.15) is 12.0 Å². The van der Waals surface area contributed by atoms with Crippen LogP contribution in [0.3, 0.4) is 0 Å². The molecule has 0 spiro atoms. The van der Waals surface area contributed by atoms with Crippen LogP contribution < -0.4 is 5.73 Å². The Kier molecular flexibility index (Phi) is 3.13. The van der Waals surface area contributed by atoms with E-state index in [-0.39, 0.29) is 9.39 Å². The largest absolute Gasteiger partial charge is 0.383 e. The topological polar surface area (TPSA) is 82.0 Å². The first-order valence-electron chi connectivity index (χ1n) is 3.31. The summed E-state index contributed by atoms with van der Waals surface area (Å²) < 4.78 is 24.6. The predicted octanol–water partition coefficient (Wildman–Crippen LogP) is 2.11. The van der Waals surface area contributed by atoms with Gasteiger partial charge in [0.2, 0.25) is 0 Å². The highest BCUT2D eigenvalue weighted by Crippen LogP contribution is 2.34. The number of nitrogens with two attached hydrogens (primary N) is 1. The third kappa shape index (κ3) is 1.89. The molecule has 8 heteroatoms. The maximum Gasteiger partial charge on any atom is 0.296 e. The lowest BCUT2D eigenvalue weighted by atomic mass is 10.2. The maximum absolute atomic E-state index is 12.3. The summed E-state index contributed by atoms with van der Waals surface area (Å²) in [6, 6.07) is 0. The number of hydrogen-bond acceptors (Lipinski definition) is 4. The molecule has 1 aromatic heterocycles.